The van der Waals surface area contributed by atoms with E-state index in [2.05, 4.69) is 21.2 Å². The van der Waals surface area contributed by atoms with Crippen LogP contribution in [0.3, 0.4) is 0 Å². The SMILES string of the molecule is CNCc1cc(OCc2ccccc2OC)ccc1Br. The largest absolute Gasteiger partial charge is 0.496 e. The lowest BCUT2D eigenvalue weighted by Crippen LogP contribution is -2.06. The highest BCUT2D eigenvalue weighted by molar-refractivity contribution is 9.10. The van der Waals surface area contributed by atoms with Crippen LogP contribution >= 0.6 is 15.9 Å². The van der Waals surface area contributed by atoms with Crippen LogP contribution in [0.4, 0.5) is 0 Å². The average molecular weight is 336 g/mol. The van der Waals surface area contributed by atoms with Gasteiger partial charge in [0.1, 0.15) is 18.1 Å². The van der Waals surface area contributed by atoms with Crippen molar-refractivity contribution in [2.24, 2.45) is 0 Å². The van der Waals surface area contributed by atoms with Gasteiger partial charge < -0.3 is 14.8 Å². The molecule has 106 valence electrons. The summed E-state index contributed by atoms with van der Waals surface area (Å²) in [7, 11) is 3.60. The van der Waals surface area contributed by atoms with Crippen LogP contribution in [-0.2, 0) is 13.2 Å². The van der Waals surface area contributed by atoms with Crippen LogP contribution in [0, 0.1) is 0 Å². The monoisotopic (exact) mass is 335 g/mol. The zero-order chi connectivity index (χ0) is 14.4. The van der Waals surface area contributed by atoms with E-state index in [1.807, 2.05) is 49.5 Å². The fourth-order valence-electron chi connectivity index (χ4n) is 1.95. The zero-order valence-electron chi connectivity index (χ0n) is 11.7. The van der Waals surface area contributed by atoms with Gasteiger partial charge in [0.15, 0.2) is 0 Å². The predicted octanol–water partition coefficient (Wildman–Crippen LogP) is 3.76. The average Bonchev–Trinajstić information content (AvgIpc) is 2.48. The fourth-order valence-corrected chi connectivity index (χ4v) is 2.34. The van der Waals surface area contributed by atoms with Gasteiger partial charge in [0.05, 0.1) is 7.11 Å². The summed E-state index contributed by atoms with van der Waals surface area (Å²) in [4.78, 5) is 0. The minimum absolute atomic E-state index is 0.491. The first-order valence-corrected chi connectivity index (χ1v) is 7.21. The van der Waals surface area contributed by atoms with Crippen molar-refractivity contribution in [2.75, 3.05) is 14.2 Å². The quantitative estimate of drug-likeness (QED) is 0.871. The molecule has 2 aromatic carbocycles. The lowest BCUT2D eigenvalue weighted by Gasteiger charge is -2.12. The van der Waals surface area contributed by atoms with E-state index in [4.69, 9.17) is 9.47 Å². The van der Waals surface area contributed by atoms with Gasteiger partial charge in [-0.25, -0.2) is 0 Å². The lowest BCUT2D eigenvalue weighted by atomic mass is 10.2. The first kappa shape index (κ1) is 14.9. The molecule has 0 aliphatic rings. The molecule has 1 N–H and O–H groups in total. The van der Waals surface area contributed by atoms with E-state index in [0.717, 1.165) is 28.1 Å². The van der Waals surface area contributed by atoms with E-state index >= 15 is 0 Å². The number of hydrogen-bond acceptors (Lipinski definition) is 3. The van der Waals surface area contributed by atoms with Crippen molar-refractivity contribution in [1.82, 2.24) is 5.32 Å². The highest BCUT2D eigenvalue weighted by atomic mass is 79.9. The Hall–Kier alpha value is -1.52. The summed E-state index contributed by atoms with van der Waals surface area (Å²) in [6.07, 6.45) is 0. The van der Waals surface area contributed by atoms with Gasteiger partial charge in [-0.3, -0.25) is 0 Å². The number of nitrogens with one attached hydrogen (secondary N) is 1. The fraction of sp³-hybridized carbons (Fsp3) is 0.250. The first-order valence-electron chi connectivity index (χ1n) is 6.42. The summed E-state index contributed by atoms with van der Waals surface area (Å²) in [5.41, 5.74) is 2.21. The second-order valence-corrected chi connectivity index (χ2v) is 5.24. The van der Waals surface area contributed by atoms with E-state index in [9.17, 15) is 0 Å². The van der Waals surface area contributed by atoms with Gasteiger partial charge in [0.25, 0.3) is 0 Å². The topological polar surface area (TPSA) is 30.5 Å². The molecule has 0 atom stereocenters. The van der Waals surface area contributed by atoms with Gasteiger partial charge in [-0.15, -0.1) is 0 Å². The molecule has 2 aromatic rings. The third-order valence-corrected chi connectivity index (χ3v) is 3.74. The molecule has 0 aliphatic heterocycles. The standard InChI is InChI=1S/C16H18BrNO2/c1-18-10-13-9-14(7-8-15(13)17)20-11-12-5-3-4-6-16(12)19-2/h3-9,18H,10-11H2,1-2H3. The Labute approximate surface area is 128 Å². The molecule has 0 aliphatic carbocycles. The van der Waals surface area contributed by atoms with Crippen LogP contribution < -0.4 is 14.8 Å². The van der Waals surface area contributed by atoms with Gasteiger partial charge in [0, 0.05) is 16.6 Å². The maximum atomic E-state index is 5.85. The number of methoxy groups -OCH3 is 1. The Morgan fingerprint density at radius 3 is 2.65 bits per heavy atom. The smallest absolute Gasteiger partial charge is 0.125 e. The number of rotatable bonds is 6. The Bertz CT molecular complexity index is 572. The first-order chi connectivity index (χ1) is 9.74. The van der Waals surface area contributed by atoms with E-state index in [-0.39, 0.29) is 0 Å². The van der Waals surface area contributed by atoms with Crippen LogP contribution in [0.15, 0.2) is 46.9 Å². The summed E-state index contributed by atoms with van der Waals surface area (Å²) in [5, 5.41) is 3.14. The third kappa shape index (κ3) is 3.74. The normalized spacial score (nSPS) is 10.3. The minimum atomic E-state index is 0.491. The van der Waals surface area contributed by atoms with E-state index in [1.165, 1.54) is 5.56 Å². The molecule has 2 rings (SSSR count). The molecular formula is C16H18BrNO2. The van der Waals surface area contributed by atoms with Crippen LogP contribution in [-0.4, -0.2) is 14.2 Å². The molecule has 0 aromatic heterocycles. The lowest BCUT2D eigenvalue weighted by molar-refractivity contribution is 0.296. The maximum Gasteiger partial charge on any atom is 0.125 e. The third-order valence-electron chi connectivity index (χ3n) is 2.97. The summed E-state index contributed by atoms with van der Waals surface area (Å²) in [5.74, 6) is 1.70. The molecule has 0 spiro atoms. The Kier molecular flexibility index (Phi) is 5.44. The molecule has 0 amide bonds. The summed E-state index contributed by atoms with van der Waals surface area (Å²) < 4.78 is 12.2. The van der Waals surface area contributed by atoms with Gasteiger partial charge in [-0.05, 0) is 36.9 Å². The molecule has 0 saturated carbocycles. The van der Waals surface area contributed by atoms with Crippen LogP contribution in [0.25, 0.3) is 0 Å². The van der Waals surface area contributed by atoms with Gasteiger partial charge in [-0.1, -0.05) is 34.1 Å². The van der Waals surface area contributed by atoms with Crippen molar-refractivity contribution in [2.45, 2.75) is 13.2 Å². The highest BCUT2D eigenvalue weighted by Crippen LogP contribution is 2.24. The number of benzene rings is 2. The summed E-state index contributed by atoms with van der Waals surface area (Å²) in [6, 6.07) is 13.9. The molecule has 0 fully saturated rings. The molecule has 0 bridgehead atoms. The molecule has 0 heterocycles. The van der Waals surface area contributed by atoms with Crippen molar-refractivity contribution >= 4 is 15.9 Å². The molecule has 0 unspecified atom stereocenters. The summed E-state index contributed by atoms with van der Waals surface area (Å²) >= 11 is 3.53. The van der Waals surface area contributed by atoms with Crippen LogP contribution in [0.2, 0.25) is 0 Å². The molecule has 4 heteroatoms. The van der Waals surface area contributed by atoms with E-state index in [1.54, 1.807) is 7.11 Å². The van der Waals surface area contributed by atoms with E-state index < -0.39 is 0 Å². The van der Waals surface area contributed by atoms with Gasteiger partial charge in [-0.2, -0.15) is 0 Å². The Balaban J connectivity index is 2.09. The van der Waals surface area contributed by atoms with Crippen molar-refractivity contribution in [1.29, 1.82) is 0 Å². The van der Waals surface area contributed by atoms with Crippen molar-refractivity contribution in [3.63, 3.8) is 0 Å². The molecule has 3 nitrogen and oxygen atoms in total. The second kappa shape index (κ2) is 7.31. The zero-order valence-corrected chi connectivity index (χ0v) is 13.2. The van der Waals surface area contributed by atoms with Gasteiger partial charge >= 0.3 is 0 Å². The number of para-hydroxylation sites is 1. The second-order valence-electron chi connectivity index (χ2n) is 4.38. The number of hydrogen-bond donors (Lipinski definition) is 1. The number of ether oxygens (including phenoxy) is 2. The van der Waals surface area contributed by atoms with Crippen molar-refractivity contribution in [3.05, 3.63) is 58.1 Å². The molecule has 0 radical (unpaired) electrons. The predicted molar refractivity (Wildman–Crippen MR) is 84.2 cm³/mol. The minimum Gasteiger partial charge on any atom is -0.496 e. The maximum absolute atomic E-state index is 5.85. The van der Waals surface area contributed by atoms with Crippen molar-refractivity contribution < 1.29 is 9.47 Å². The van der Waals surface area contributed by atoms with E-state index in [0.29, 0.717) is 6.61 Å². The number of halogens is 1. The molecule has 20 heavy (non-hydrogen) atoms. The molecular weight excluding hydrogens is 318 g/mol. The van der Waals surface area contributed by atoms with Crippen LogP contribution in [0.1, 0.15) is 11.1 Å². The Morgan fingerprint density at radius 1 is 1.10 bits per heavy atom. The van der Waals surface area contributed by atoms with Gasteiger partial charge in [0.2, 0.25) is 0 Å². The van der Waals surface area contributed by atoms with Crippen molar-refractivity contribution in [3.8, 4) is 11.5 Å². The summed E-state index contributed by atoms with van der Waals surface area (Å²) in [6.45, 7) is 1.29. The molecule has 0 saturated heterocycles. The highest BCUT2D eigenvalue weighted by Gasteiger charge is 2.05. The Morgan fingerprint density at radius 2 is 1.90 bits per heavy atom. The van der Waals surface area contributed by atoms with Crippen LogP contribution in [0.5, 0.6) is 11.5 Å².